The van der Waals surface area contributed by atoms with Crippen molar-refractivity contribution in [2.45, 2.75) is 6.54 Å². The Labute approximate surface area is 111 Å². The summed E-state index contributed by atoms with van der Waals surface area (Å²) in [5.41, 5.74) is 6.63. The molecule has 1 aromatic carbocycles. The molecule has 2 aromatic rings. The number of carbonyl (C=O) groups is 1. The largest absolute Gasteiger partial charge is 0.445 e. The SMILES string of the molecule is C=CCOC(=O)Nc1nccc2cc(CN)ccc12. The van der Waals surface area contributed by atoms with Gasteiger partial charge in [0.15, 0.2) is 0 Å². The molecule has 0 atom stereocenters. The van der Waals surface area contributed by atoms with Gasteiger partial charge in [-0.2, -0.15) is 0 Å². The number of amides is 1. The summed E-state index contributed by atoms with van der Waals surface area (Å²) in [5, 5.41) is 4.42. The lowest BCUT2D eigenvalue weighted by Gasteiger charge is -2.08. The highest BCUT2D eigenvalue weighted by Crippen LogP contribution is 2.22. The molecule has 0 unspecified atom stereocenters. The summed E-state index contributed by atoms with van der Waals surface area (Å²) in [6.07, 6.45) is 2.58. The maximum Gasteiger partial charge on any atom is 0.413 e. The van der Waals surface area contributed by atoms with Crippen molar-refractivity contribution in [1.29, 1.82) is 0 Å². The van der Waals surface area contributed by atoms with Crippen LogP contribution in [0.3, 0.4) is 0 Å². The third-order valence-electron chi connectivity index (χ3n) is 2.62. The molecule has 1 heterocycles. The summed E-state index contributed by atoms with van der Waals surface area (Å²) >= 11 is 0. The van der Waals surface area contributed by atoms with Crippen LogP contribution in [0.4, 0.5) is 10.6 Å². The highest BCUT2D eigenvalue weighted by Gasteiger charge is 2.07. The Hall–Kier alpha value is -2.40. The number of nitrogens with one attached hydrogen (secondary N) is 1. The number of hydrogen-bond acceptors (Lipinski definition) is 4. The molecule has 1 amide bonds. The van der Waals surface area contributed by atoms with E-state index in [0.29, 0.717) is 12.4 Å². The molecule has 0 aliphatic carbocycles. The molecule has 0 spiro atoms. The molecule has 98 valence electrons. The third kappa shape index (κ3) is 3.08. The topological polar surface area (TPSA) is 77.2 Å². The number of anilines is 1. The number of nitrogens with zero attached hydrogens (tertiary/aromatic N) is 1. The molecule has 5 nitrogen and oxygen atoms in total. The standard InChI is InChI=1S/C14H15N3O2/c1-2-7-19-14(18)17-13-12-4-3-10(9-15)8-11(12)5-6-16-13/h2-6,8H,1,7,9,15H2,(H,16,17,18). The smallest absolute Gasteiger partial charge is 0.413 e. The van der Waals surface area contributed by atoms with Crippen molar-refractivity contribution in [3.63, 3.8) is 0 Å². The van der Waals surface area contributed by atoms with Gasteiger partial charge in [0, 0.05) is 18.1 Å². The molecule has 0 aliphatic rings. The lowest BCUT2D eigenvalue weighted by Crippen LogP contribution is -2.14. The number of hydrogen-bond donors (Lipinski definition) is 2. The van der Waals surface area contributed by atoms with Crippen molar-refractivity contribution in [3.8, 4) is 0 Å². The molecule has 0 radical (unpaired) electrons. The number of rotatable bonds is 4. The molecule has 1 aromatic heterocycles. The predicted octanol–water partition coefficient (Wildman–Crippen LogP) is 2.43. The minimum Gasteiger partial charge on any atom is -0.445 e. The van der Waals surface area contributed by atoms with Gasteiger partial charge in [0.1, 0.15) is 12.4 Å². The van der Waals surface area contributed by atoms with Crippen LogP contribution >= 0.6 is 0 Å². The molecule has 0 bridgehead atoms. The van der Waals surface area contributed by atoms with E-state index in [1.54, 1.807) is 6.20 Å². The van der Waals surface area contributed by atoms with Crippen LogP contribution in [-0.4, -0.2) is 17.7 Å². The van der Waals surface area contributed by atoms with Gasteiger partial charge in [-0.15, -0.1) is 0 Å². The third-order valence-corrected chi connectivity index (χ3v) is 2.62. The van der Waals surface area contributed by atoms with Crippen LogP contribution in [0.15, 0.2) is 43.1 Å². The first-order chi connectivity index (χ1) is 9.24. The number of benzene rings is 1. The van der Waals surface area contributed by atoms with Crippen molar-refractivity contribution >= 4 is 22.7 Å². The van der Waals surface area contributed by atoms with Crippen LogP contribution < -0.4 is 11.1 Å². The molecule has 0 saturated carbocycles. The van der Waals surface area contributed by atoms with E-state index in [0.717, 1.165) is 16.3 Å². The lowest BCUT2D eigenvalue weighted by atomic mass is 10.1. The van der Waals surface area contributed by atoms with Gasteiger partial charge >= 0.3 is 6.09 Å². The minimum atomic E-state index is -0.553. The second kappa shape index (κ2) is 5.97. The van der Waals surface area contributed by atoms with E-state index in [1.165, 1.54) is 6.08 Å². The van der Waals surface area contributed by atoms with Crippen molar-refractivity contribution in [2.24, 2.45) is 5.73 Å². The number of ether oxygens (including phenoxy) is 1. The van der Waals surface area contributed by atoms with Crippen LogP contribution in [0.25, 0.3) is 10.8 Å². The highest BCUT2D eigenvalue weighted by molar-refractivity contribution is 5.98. The Morgan fingerprint density at radius 3 is 3.05 bits per heavy atom. The fraction of sp³-hybridized carbons (Fsp3) is 0.143. The summed E-state index contributed by atoms with van der Waals surface area (Å²) in [6.45, 7) is 4.11. The Morgan fingerprint density at radius 2 is 2.32 bits per heavy atom. The summed E-state index contributed by atoms with van der Waals surface area (Å²) in [6, 6.07) is 7.63. The monoisotopic (exact) mass is 257 g/mol. The average Bonchev–Trinajstić information content (AvgIpc) is 2.44. The van der Waals surface area contributed by atoms with Gasteiger partial charge in [0.05, 0.1) is 0 Å². The van der Waals surface area contributed by atoms with E-state index >= 15 is 0 Å². The quantitative estimate of drug-likeness (QED) is 0.825. The Bertz CT molecular complexity index is 611. The van der Waals surface area contributed by atoms with Gasteiger partial charge in [-0.25, -0.2) is 9.78 Å². The van der Waals surface area contributed by atoms with E-state index in [2.05, 4.69) is 16.9 Å². The Morgan fingerprint density at radius 1 is 1.47 bits per heavy atom. The second-order valence-corrected chi connectivity index (χ2v) is 3.93. The Kier molecular flexibility index (Phi) is 4.10. The summed E-state index contributed by atoms with van der Waals surface area (Å²) in [4.78, 5) is 15.6. The van der Waals surface area contributed by atoms with Crippen molar-refractivity contribution < 1.29 is 9.53 Å². The maximum atomic E-state index is 11.5. The predicted molar refractivity (Wildman–Crippen MR) is 74.8 cm³/mol. The molecule has 3 N–H and O–H groups in total. The zero-order valence-electron chi connectivity index (χ0n) is 10.4. The molecular weight excluding hydrogens is 242 g/mol. The number of nitrogens with two attached hydrogens (primary N) is 1. The van der Waals surface area contributed by atoms with Gasteiger partial charge in [0.25, 0.3) is 0 Å². The van der Waals surface area contributed by atoms with E-state index < -0.39 is 6.09 Å². The van der Waals surface area contributed by atoms with Crippen molar-refractivity contribution in [1.82, 2.24) is 4.98 Å². The van der Waals surface area contributed by atoms with Crippen LogP contribution in [-0.2, 0) is 11.3 Å². The molecule has 0 aliphatic heterocycles. The van der Waals surface area contributed by atoms with Crippen LogP contribution in [0, 0.1) is 0 Å². The minimum absolute atomic E-state index is 0.161. The van der Waals surface area contributed by atoms with Crippen molar-refractivity contribution in [3.05, 3.63) is 48.7 Å². The van der Waals surface area contributed by atoms with Gasteiger partial charge in [-0.3, -0.25) is 5.32 Å². The van der Waals surface area contributed by atoms with E-state index in [4.69, 9.17) is 10.5 Å². The molecule has 19 heavy (non-hydrogen) atoms. The average molecular weight is 257 g/mol. The summed E-state index contributed by atoms with van der Waals surface area (Å²) < 4.78 is 4.86. The van der Waals surface area contributed by atoms with E-state index in [9.17, 15) is 4.79 Å². The highest BCUT2D eigenvalue weighted by atomic mass is 16.5. The van der Waals surface area contributed by atoms with Gasteiger partial charge in [-0.05, 0) is 23.1 Å². The van der Waals surface area contributed by atoms with E-state index in [1.807, 2.05) is 24.3 Å². The number of pyridine rings is 1. The number of carbonyl (C=O) groups excluding carboxylic acids is 1. The lowest BCUT2D eigenvalue weighted by molar-refractivity contribution is 0.174. The molecule has 0 saturated heterocycles. The van der Waals surface area contributed by atoms with Gasteiger partial charge < -0.3 is 10.5 Å². The van der Waals surface area contributed by atoms with Gasteiger partial charge in [-0.1, -0.05) is 24.8 Å². The first kappa shape index (κ1) is 13.0. The number of fused-ring (bicyclic) bond motifs is 1. The van der Waals surface area contributed by atoms with Crippen molar-refractivity contribution in [2.75, 3.05) is 11.9 Å². The fourth-order valence-corrected chi connectivity index (χ4v) is 1.72. The first-order valence-electron chi connectivity index (χ1n) is 5.87. The maximum absolute atomic E-state index is 11.5. The summed E-state index contributed by atoms with van der Waals surface area (Å²) in [7, 11) is 0. The Balaban J connectivity index is 2.28. The second-order valence-electron chi connectivity index (χ2n) is 3.93. The molecule has 0 fully saturated rings. The van der Waals surface area contributed by atoms with Gasteiger partial charge in [0.2, 0.25) is 0 Å². The van der Waals surface area contributed by atoms with Crippen LogP contribution in [0.2, 0.25) is 0 Å². The van der Waals surface area contributed by atoms with Crippen LogP contribution in [0.1, 0.15) is 5.56 Å². The zero-order chi connectivity index (χ0) is 13.7. The van der Waals surface area contributed by atoms with E-state index in [-0.39, 0.29) is 6.61 Å². The normalized spacial score (nSPS) is 10.2. The molecule has 2 rings (SSSR count). The fourth-order valence-electron chi connectivity index (χ4n) is 1.72. The molecular formula is C14H15N3O2. The van der Waals surface area contributed by atoms with Crippen LogP contribution in [0.5, 0.6) is 0 Å². The number of aromatic nitrogens is 1. The first-order valence-corrected chi connectivity index (χ1v) is 5.87. The zero-order valence-corrected chi connectivity index (χ0v) is 10.4. The molecule has 5 heteroatoms. The summed E-state index contributed by atoms with van der Waals surface area (Å²) in [5.74, 6) is 0.468.